The van der Waals surface area contributed by atoms with Crippen molar-refractivity contribution in [2.45, 2.75) is 25.8 Å². The summed E-state index contributed by atoms with van der Waals surface area (Å²) in [6.45, 7) is 2.03. The fraction of sp³-hybridized carbons (Fsp3) is 0.444. The Bertz CT molecular complexity index is 313. The number of nitrogens with zero attached hydrogens (tertiary/aromatic N) is 2. The average molecular weight is 146 g/mol. The third-order valence-corrected chi connectivity index (χ3v) is 2.09. The van der Waals surface area contributed by atoms with E-state index in [9.17, 15) is 0 Å². The second-order valence-electron chi connectivity index (χ2n) is 2.96. The number of hydrogen-bond acceptors (Lipinski definition) is 1. The molecule has 2 heteroatoms. The Morgan fingerprint density at radius 1 is 1.73 bits per heavy atom. The van der Waals surface area contributed by atoms with Crippen LogP contribution >= 0.6 is 0 Å². The zero-order chi connectivity index (χ0) is 7.84. The Morgan fingerprint density at radius 3 is 2.91 bits per heavy atom. The van der Waals surface area contributed by atoms with Crippen LogP contribution in [0.25, 0.3) is 0 Å². The molecule has 0 bridgehead atoms. The van der Waals surface area contributed by atoms with Gasteiger partial charge in [-0.2, -0.15) is 5.10 Å². The Kier molecular flexibility index (Phi) is 1.25. The van der Waals surface area contributed by atoms with Crippen LogP contribution in [0.5, 0.6) is 0 Å². The molecule has 0 radical (unpaired) electrons. The summed E-state index contributed by atoms with van der Waals surface area (Å²) in [7, 11) is 0. The van der Waals surface area contributed by atoms with Crippen LogP contribution in [-0.4, -0.2) is 9.78 Å². The number of rotatable bonds is 1. The molecule has 0 unspecified atom stereocenters. The van der Waals surface area contributed by atoms with Crippen LogP contribution < -0.4 is 0 Å². The first-order valence-electron chi connectivity index (χ1n) is 3.83. The van der Waals surface area contributed by atoms with Crippen LogP contribution in [-0.2, 0) is 0 Å². The molecule has 0 atom stereocenters. The summed E-state index contributed by atoms with van der Waals surface area (Å²) in [5.41, 5.74) is 2.06. The van der Waals surface area contributed by atoms with Gasteiger partial charge < -0.3 is 0 Å². The zero-order valence-electron chi connectivity index (χ0n) is 6.54. The Hall–Kier alpha value is -1.23. The number of hydrogen-bond donors (Lipinski definition) is 0. The molecule has 0 saturated heterocycles. The molecule has 1 aliphatic rings. The molecule has 11 heavy (non-hydrogen) atoms. The van der Waals surface area contributed by atoms with Crippen LogP contribution in [0.1, 0.15) is 30.1 Å². The molecular formula is C9H10N2. The Balaban J connectivity index is 2.42. The Labute approximate surface area is 66.2 Å². The predicted molar refractivity (Wildman–Crippen MR) is 43.2 cm³/mol. The van der Waals surface area contributed by atoms with Crippen molar-refractivity contribution >= 4 is 0 Å². The lowest BCUT2D eigenvalue weighted by Crippen LogP contribution is -1.98. The van der Waals surface area contributed by atoms with Crippen molar-refractivity contribution in [3.05, 3.63) is 17.5 Å². The standard InChI is InChI=1S/C9H10N2/c1-3-8-6-10-11(7(8)2)9-4-5-9/h1,6,9H,4-5H2,2H3. The fourth-order valence-corrected chi connectivity index (χ4v) is 1.25. The van der Waals surface area contributed by atoms with Gasteiger partial charge in [0.05, 0.1) is 23.5 Å². The van der Waals surface area contributed by atoms with E-state index in [1.807, 2.05) is 11.6 Å². The van der Waals surface area contributed by atoms with Gasteiger partial charge in [0, 0.05) is 0 Å². The second-order valence-corrected chi connectivity index (χ2v) is 2.96. The monoisotopic (exact) mass is 146 g/mol. The molecule has 0 amide bonds. The molecule has 0 aliphatic heterocycles. The van der Waals surface area contributed by atoms with Crippen molar-refractivity contribution in [2.24, 2.45) is 0 Å². The van der Waals surface area contributed by atoms with Crippen LogP contribution in [0.15, 0.2) is 6.20 Å². The highest BCUT2D eigenvalue weighted by Crippen LogP contribution is 2.35. The van der Waals surface area contributed by atoms with E-state index in [0.717, 1.165) is 11.3 Å². The minimum Gasteiger partial charge on any atom is -0.266 e. The van der Waals surface area contributed by atoms with Gasteiger partial charge in [-0.15, -0.1) is 6.42 Å². The first kappa shape index (κ1) is 6.48. The lowest BCUT2D eigenvalue weighted by Gasteiger charge is -1.99. The molecule has 2 rings (SSSR count). The maximum atomic E-state index is 5.28. The van der Waals surface area contributed by atoms with Crippen molar-refractivity contribution in [3.63, 3.8) is 0 Å². The van der Waals surface area contributed by atoms with E-state index in [2.05, 4.69) is 11.0 Å². The van der Waals surface area contributed by atoms with E-state index in [1.54, 1.807) is 6.20 Å². The number of aromatic nitrogens is 2. The van der Waals surface area contributed by atoms with Gasteiger partial charge >= 0.3 is 0 Å². The van der Waals surface area contributed by atoms with E-state index in [-0.39, 0.29) is 0 Å². The zero-order valence-corrected chi connectivity index (χ0v) is 6.54. The van der Waals surface area contributed by atoms with Crippen molar-refractivity contribution in [1.29, 1.82) is 0 Å². The highest BCUT2D eigenvalue weighted by atomic mass is 15.3. The molecule has 1 aromatic rings. The molecule has 1 heterocycles. The van der Waals surface area contributed by atoms with E-state index in [1.165, 1.54) is 12.8 Å². The molecule has 1 aliphatic carbocycles. The maximum absolute atomic E-state index is 5.28. The minimum atomic E-state index is 0.636. The summed E-state index contributed by atoms with van der Waals surface area (Å²) >= 11 is 0. The molecule has 1 saturated carbocycles. The summed E-state index contributed by atoms with van der Waals surface area (Å²) in [6.07, 6.45) is 9.57. The van der Waals surface area contributed by atoms with Crippen LogP contribution in [0.3, 0.4) is 0 Å². The first-order valence-corrected chi connectivity index (χ1v) is 3.83. The first-order chi connectivity index (χ1) is 5.33. The summed E-state index contributed by atoms with van der Waals surface area (Å²) in [6, 6.07) is 0.636. The summed E-state index contributed by atoms with van der Waals surface area (Å²) in [5.74, 6) is 2.61. The SMILES string of the molecule is C#Cc1cnn(C2CC2)c1C. The van der Waals surface area contributed by atoms with Crippen LogP contribution in [0.2, 0.25) is 0 Å². The van der Waals surface area contributed by atoms with Gasteiger partial charge in [-0.25, -0.2) is 0 Å². The molecule has 2 nitrogen and oxygen atoms in total. The summed E-state index contributed by atoms with van der Waals surface area (Å²) in [5, 5.41) is 4.22. The smallest absolute Gasteiger partial charge is 0.0651 e. The van der Waals surface area contributed by atoms with E-state index in [0.29, 0.717) is 6.04 Å². The third kappa shape index (κ3) is 0.932. The van der Waals surface area contributed by atoms with Gasteiger partial charge in [-0.3, -0.25) is 4.68 Å². The highest BCUT2D eigenvalue weighted by molar-refractivity contribution is 5.33. The molecule has 0 spiro atoms. The van der Waals surface area contributed by atoms with Gasteiger partial charge in [-0.1, -0.05) is 5.92 Å². The normalized spacial score (nSPS) is 16.4. The van der Waals surface area contributed by atoms with Gasteiger partial charge in [-0.05, 0) is 19.8 Å². The minimum absolute atomic E-state index is 0.636. The lowest BCUT2D eigenvalue weighted by atomic mass is 10.3. The molecule has 1 fully saturated rings. The van der Waals surface area contributed by atoms with Crippen LogP contribution in [0, 0.1) is 19.3 Å². The highest BCUT2D eigenvalue weighted by Gasteiger charge is 2.25. The Morgan fingerprint density at radius 2 is 2.45 bits per heavy atom. The van der Waals surface area contributed by atoms with Gasteiger partial charge in [0.2, 0.25) is 0 Å². The summed E-state index contributed by atoms with van der Waals surface area (Å²) in [4.78, 5) is 0. The average Bonchev–Trinajstić information content (AvgIpc) is 2.77. The lowest BCUT2D eigenvalue weighted by molar-refractivity contribution is 0.622. The van der Waals surface area contributed by atoms with Gasteiger partial charge in [0.1, 0.15) is 0 Å². The van der Waals surface area contributed by atoms with Crippen molar-refractivity contribution < 1.29 is 0 Å². The van der Waals surface area contributed by atoms with Crippen molar-refractivity contribution in [3.8, 4) is 12.3 Å². The molecular weight excluding hydrogens is 136 g/mol. The molecule has 0 N–H and O–H groups in total. The molecule has 0 aromatic carbocycles. The van der Waals surface area contributed by atoms with Gasteiger partial charge in [0.15, 0.2) is 0 Å². The van der Waals surface area contributed by atoms with E-state index >= 15 is 0 Å². The van der Waals surface area contributed by atoms with Crippen molar-refractivity contribution in [2.75, 3.05) is 0 Å². The largest absolute Gasteiger partial charge is 0.266 e. The van der Waals surface area contributed by atoms with E-state index in [4.69, 9.17) is 6.42 Å². The summed E-state index contributed by atoms with van der Waals surface area (Å²) < 4.78 is 2.04. The van der Waals surface area contributed by atoms with Crippen molar-refractivity contribution in [1.82, 2.24) is 9.78 Å². The third-order valence-electron chi connectivity index (χ3n) is 2.09. The maximum Gasteiger partial charge on any atom is 0.0651 e. The second kappa shape index (κ2) is 2.13. The fourth-order valence-electron chi connectivity index (χ4n) is 1.25. The molecule has 56 valence electrons. The topological polar surface area (TPSA) is 17.8 Å². The van der Waals surface area contributed by atoms with E-state index < -0.39 is 0 Å². The van der Waals surface area contributed by atoms with Crippen LogP contribution in [0.4, 0.5) is 0 Å². The molecule has 1 aromatic heterocycles. The predicted octanol–water partition coefficient (Wildman–Crippen LogP) is 1.51. The van der Waals surface area contributed by atoms with Gasteiger partial charge in [0.25, 0.3) is 0 Å². The number of terminal acetylenes is 1. The quantitative estimate of drug-likeness (QED) is 0.549.